The summed E-state index contributed by atoms with van der Waals surface area (Å²) in [5.74, 6) is 0.297. The molecule has 1 fully saturated rings. The van der Waals surface area contributed by atoms with E-state index in [-0.39, 0.29) is 12.6 Å². The quantitative estimate of drug-likeness (QED) is 0.812. The van der Waals surface area contributed by atoms with Crippen molar-refractivity contribution in [3.8, 4) is 0 Å². The van der Waals surface area contributed by atoms with Crippen molar-refractivity contribution in [2.75, 3.05) is 32.8 Å². The van der Waals surface area contributed by atoms with Crippen molar-refractivity contribution in [3.05, 3.63) is 0 Å². The third-order valence-corrected chi connectivity index (χ3v) is 4.18. The SMILES string of the molecule is CCC(CO)N1CCN(C(=O)CCCC(C)(C)C)CC1. The van der Waals surface area contributed by atoms with Crippen molar-refractivity contribution < 1.29 is 9.90 Å². The molecule has 0 radical (unpaired) electrons. The highest BCUT2D eigenvalue weighted by Gasteiger charge is 2.24. The molecule has 0 aliphatic carbocycles. The molecule has 1 aliphatic heterocycles. The molecule has 1 N–H and O–H groups in total. The molecule has 1 heterocycles. The Labute approximate surface area is 124 Å². The van der Waals surface area contributed by atoms with E-state index in [4.69, 9.17) is 0 Å². The molecule has 0 aromatic carbocycles. The van der Waals surface area contributed by atoms with E-state index in [1.165, 1.54) is 0 Å². The molecule has 4 heteroatoms. The molecule has 1 rings (SSSR count). The van der Waals surface area contributed by atoms with Gasteiger partial charge in [0, 0.05) is 38.6 Å². The number of aliphatic hydroxyl groups excluding tert-OH is 1. The molecule has 1 amide bonds. The normalized spacial score (nSPS) is 19.1. The second kappa shape index (κ2) is 7.99. The maximum Gasteiger partial charge on any atom is 0.222 e. The van der Waals surface area contributed by atoms with Gasteiger partial charge in [0.25, 0.3) is 0 Å². The van der Waals surface area contributed by atoms with Gasteiger partial charge < -0.3 is 10.0 Å². The first-order valence-corrected chi connectivity index (χ1v) is 8.00. The van der Waals surface area contributed by atoms with Gasteiger partial charge in [0.2, 0.25) is 5.91 Å². The zero-order valence-corrected chi connectivity index (χ0v) is 13.7. The molecule has 118 valence electrons. The highest BCUT2D eigenvalue weighted by molar-refractivity contribution is 5.76. The second-order valence-electron chi connectivity index (χ2n) is 7.08. The Balaban J connectivity index is 2.28. The minimum absolute atomic E-state index is 0.218. The van der Waals surface area contributed by atoms with Gasteiger partial charge in [-0.2, -0.15) is 0 Å². The van der Waals surface area contributed by atoms with E-state index in [1.54, 1.807) is 0 Å². The van der Waals surface area contributed by atoms with Crippen molar-refractivity contribution in [2.24, 2.45) is 5.41 Å². The van der Waals surface area contributed by atoms with Gasteiger partial charge >= 0.3 is 0 Å². The van der Waals surface area contributed by atoms with Crippen LogP contribution in [0.1, 0.15) is 53.4 Å². The maximum atomic E-state index is 12.2. The van der Waals surface area contributed by atoms with Gasteiger partial charge in [0.15, 0.2) is 0 Å². The van der Waals surface area contributed by atoms with Crippen molar-refractivity contribution >= 4 is 5.91 Å². The van der Waals surface area contributed by atoms with Crippen molar-refractivity contribution in [3.63, 3.8) is 0 Å². The number of carbonyl (C=O) groups is 1. The Bertz CT molecular complexity index is 287. The molecule has 0 bridgehead atoms. The average molecular weight is 284 g/mol. The first-order valence-electron chi connectivity index (χ1n) is 8.00. The number of carbonyl (C=O) groups excluding carboxylic acids is 1. The van der Waals surface area contributed by atoms with Gasteiger partial charge in [-0.1, -0.05) is 27.7 Å². The Hall–Kier alpha value is -0.610. The molecule has 1 aliphatic rings. The summed E-state index contributed by atoms with van der Waals surface area (Å²) in [4.78, 5) is 16.5. The third kappa shape index (κ3) is 5.80. The van der Waals surface area contributed by atoms with Gasteiger partial charge in [0.05, 0.1) is 6.61 Å². The molecule has 1 atom stereocenters. The molecule has 0 saturated carbocycles. The molecule has 0 spiro atoms. The van der Waals surface area contributed by atoms with Gasteiger partial charge in [-0.05, 0) is 24.7 Å². The fraction of sp³-hybridized carbons (Fsp3) is 0.938. The van der Waals surface area contributed by atoms with Crippen LogP contribution < -0.4 is 0 Å². The first-order chi connectivity index (χ1) is 9.37. The molecule has 0 aromatic rings. The zero-order valence-electron chi connectivity index (χ0n) is 13.7. The molecule has 1 saturated heterocycles. The van der Waals surface area contributed by atoms with E-state index in [1.807, 2.05) is 4.90 Å². The largest absolute Gasteiger partial charge is 0.395 e. The van der Waals surface area contributed by atoms with Crippen molar-refractivity contribution in [1.82, 2.24) is 9.80 Å². The minimum atomic E-state index is 0.218. The predicted molar refractivity (Wildman–Crippen MR) is 82.6 cm³/mol. The molecule has 0 aromatic heterocycles. The van der Waals surface area contributed by atoms with E-state index < -0.39 is 0 Å². The summed E-state index contributed by atoms with van der Waals surface area (Å²) in [7, 11) is 0. The zero-order chi connectivity index (χ0) is 15.2. The third-order valence-electron chi connectivity index (χ3n) is 4.18. The van der Waals surface area contributed by atoms with Crippen LogP contribution in [0.3, 0.4) is 0 Å². The van der Waals surface area contributed by atoms with Gasteiger partial charge in [-0.3, -0.25) is 9.69 Å². The van der Waals surface area contributed by atoms with Crippen molar-refractivity contribution in [1.29, 1.82) is 0 Å². The summed E-state index contributed by atoms with van der Waals surface area (Å²) >= 11 is 0. The van der Waals surface area contributed by atoms with Crippen LogP contribution >= 0.6 is 0 Å². The standard InChI is InChI=1S/C16H32N2O2/c1-5-14(13-19)17-9-11-18(12-10-17)15(20)7-6-8-16(2,3)4/h14,19H,5-13H2,1-4H3. The Kier molecular flexibility index (Phi) is 6.96. The van der Waals surface area contributed by atoms with E-state index in [9.17, 15) is 9.90 Å². The highest BCUT2D eigenvalue weighted by atomic mass is 16.3. The van der Waals surface area contributed by atoms with E-state index in [0.29, 0.717) is 17.7 Å². The van der Waals surface area contributed by atoms with Crippen LogP contribution in [-0.2, 0) is 4.79 Å². The number of hydrogen-bond donors (Lipinski definition) is 1. The molecule has 4 nitrogen and oxygen atoms in total. The fourth-order valence-corrected chi connectivity index (χ4v) is 2.77. The average Bonchev–Trinajstić information content (AvgIpc) is 2.39. The number of piperazine rings is 1. The molecular weight excluding hydrogens is 252 g/mol. The van der Waals surface area contributed by atoms with Crippen LogP contribution in [0.5, 0.6) is 0 Å². The summed E-state index contributed by atoms with van der Waals surface area (Å²) in [5, 5.41) is 9.32. The lowest BCUT2D eigenvalue weighted by Gasteiger charge is -2.38. The minimum Gasteiger partial charge on any atom is -0.395 e. The van der Waals surface area contributed by atoms with Crippen LogP contribution in [0.4, 0.5) is 0 Å². The van der Waals surface area contributed by atoms with Gasteiger partial charge in [-0.15, -0.1) is 0 Å². The molecular formula is C16H32N2O2. The number of hydrogen-bond acceptors (Lipinski definition) is 3. The Morgan fingerprint density at radius 3 is 2.25 bits per heavy atom. The first kappa shape index (κ1) is 17.4. The Morgan fingerprint density at radius 2 is 1.80 bits per heavy atom. The highest BCUT2D eigenvalue weighted by Crippen LogP contribution is 2.22. The van der Waals surface area contributed by atoms with Crippen LogP contribution in [0.15, 0.2) is 0 Å². The van der Waals surface area contributed by atoms with Crippen LogP contribution in [0.2, 0.25) is 0 Å². The summed E-state index contributed by atoms with van der Waals surface area (Å²) in [6, 6.07) is 0.258. The smallest absolute Gasteiger partial charge is 0.222 e. The predicted octanol–water partition coefficient (Wildman–Crippen LogP) is 2.12. The monoisotopic (exact) mass is 284 g/mol. The lowest BCUT2D eigenvalue weighted by Crippen LogP contribution is -2.52. The lowest BCUT2D eigenvalue weighted by atomic mass is 9.90. The summed E-state index contributed by atoms with van der Waals surface area (Å²) < 4.78 is 0. The topological polar surface area (TPSA) is 43.8 Å². The summed E-state index contributed by atoms with van der Waals surface area (Å²) in [6.07, 6.45) is 3.72. The van der Waals surface area contributed by atoms with Crippen LogP contribution in [-0.4, -0.2) is 59.6 Å². The number of nitrogens with zero attached hydrogens (tertiary/aromatic N) is 2. The molecule has 1 unspecified atom stereocenters. The van der Waals surface area contributed by atoms with Crippen molar-refractivity contribution in [2.45, 2.75) is 59.4 Å². The van der Waals surface area contributed by atoms with E-state index in [2.05, 4.69) is 32.6 Å². The number of rotatable bonds is 6. The Morgan fingerprint density at radius 1 is 1.20 bits per heavy atom. The molecule has 20 heavy (non-hydrogen) atoms. The van der Waals surface area contributed by atoms with E-state index >= 15 is 0 Å². The van der Waals surface area contributed by atoms with Crippen LogP contribution in [0.25, 0.3) is 0 Å². The summed E-state index contributed by atoms with van der Waals surface area (Å²) in [5.41, 5.74) is 0.314. The maximum absolute atomic E-state index is 12.2. The number of amides is 1. The van der Waals surface area contributed by atoms with E-state index in [0.717, 1.165) is 45.4 Å². The summed E-state index contributed by atoms with van der Waals surface area (Å²) in [6.45, 7) is 12.4. The van der Waals surface area contributed by atoms with Gasteiger partial charge in [-0.25, -0.2) is 0 Å². The second-order valence-corrected chi connectivity index (χ2v) is 7.08. The fourth-order valence-electron chi connectivity index (χ4n) is 2.77. The van der Waals surface area contributed by atoms with Gasteiger partial charge in [0.1, 0.15) is 0 Å². The number of aliphatic hydroxyl groups is 1. The lowest BCUT2D eigenvalue weighted by molar-refractivity contribution is -0.133. The van der Waals surface area contributed by atoms with Crippen LogP contribution in [0, 0.1) is 5.41 Å².